The Balaban J connectivity index is 1.78. The fourth-order valence-electron chi connectivity index (χ4n) is 1.80. The fraction of sp³-hybridized carbons (Fsp3) is 0.0714. The van der Waals surface area contributed by atoms with Crippen LogP contribution in [0.1, 0.15) is 5.76 Å². The van der Waals surface area contributed by atoms with E-state index in [4.69, 9.17) is 4.42 Å². The van der Waals surface area contributed by atoms with Gasteiger partial charge < -0.3 is 9.73 Å². The van der Waals surface area contributed by atoms with E-state index in [1.54, 1.807) is 0 Å². The Labute approximate surface area is 118 Å². The molecule has 3 rings (SSSR count). The van der Waals surface area contributed by atoms with E-state index >= 15 is 0 Å². The minimum atomic E-state index is 0.670. The maximum Gasteiger partial charge on any atom is 0.164 e. The second-order valence-corrected chi connectivity index (χ2v) is 5.04. The summed E-state index contributed by atoms with van der Waals surface area (Å²) in [6.45, 7) is 0.670. The van der Waals surface area contributed by atoms with Crippen LogP contribution in [0.25, 0.3) is 10.9 Å². The molecule has 3 aromatic rings. The van der Waals surface area contributed by atoms with Crippen molar-refractivity contribution < 1.29 is 4.42 Å². The molecule has 0 spiro atoms. The second-order valence-electron chi connectivity index (χ2n) is 3.98. The van der Waals surface area contributed by atoms with Crippen molar-refractivity contribution >= 4 is 39.2 Å². The van der Waals surface area contributed by atoms with E-state index in [2.05, 4.69) is 45.0 Å². The number of fused-ring (bicyclic) bond motifs is 1. The number of nitrogens with one attached hydrogen (secondary N) is 1. The van der Waals surface area contributed by atoms with Crippen LogP contribution in [0.2, 0.25) is 0 Å². The number of benzene rings is 1. The van der Waals surface area contributed by atoms with Gasteiger partial charge in [-0.1, -0.05) is 18.2 Å². The number of rotatable bonds is 3. The largest absolute Gasteiger partial charge is 0.454 e. The topological polar surface area (TPSA) is 38.1 Å². The summed E-state index contributed by atoms with van der Waals surface area (Å²) in [6.07, 6.45) is 1.84. The van der Waals surface area contributed by atoms with Crippen molar-refractivity contribution in [2.45, 2.75) is 6.54 Å². The van der Waals surface area contributed by atoms with Crippen molar-refractivity contribution in [1.29, 1.82) is 0 Å². The Morgan fingerprint density at radius 3 is 2.89 bits per heavy atom. The summed E-state index contributed by atoms with van der Waals surface area (Å²) in [5.41, 5.74) is 2.01. The molecule has 0 radical (unpaired) electrons. The van der Waals surface area contributed by atoms with Gasteiger partial charge in [-0.2, -0.15) is 0 Å². The van der Waals surface area contributed by atoms with Crippen LogP contribution < -0.4 is 5.32 Å². The highest BCUT2D eigenvalue weighted by molar-refractivity contribution is 14.1. The molecule has 0 aliphatic rings. The molecule has 0 aliphatic carbocycles. The van der Waals surface area contributed by atoms with Gasteiger partial charge in [0.1, 0.15) is 5.76 Å². The first-order valence-electron chi connectivity index (χ1n) is 5.64. The zero-order valence-electron chi connectivity index (χ0n) is 9.56. The lowest BCUT2D eigenvalue weighted by Crippen LogP contribution is -1.98. The van der Waals surface area contributed by atoms with Gasteiger partial charge in [-0.05, 0) is 46.9 Å². The van der Waals surface area contributed by atoms with Crippen LogP contribution in [0.3, 0.4) is 0 Å². The average molecular weight is 350 g/mol. The molecule has 0 amide bonds. The molecule has 18 heavy (non-hydrogen) atoms. The van der Waals surface area contributed by atoms with Gasteiger partial charge >= 0.3 is 0 Å². The Morgan fingerprint density at radius 1 is 1.17 bits per heavy atom. The van der Waals surface area contributed by atoms with Crippen LogP contribution in [-0.4, -0.2) is 4.98 Å². The minimum Gasteiger partial charge on any atom is -0.454 e. The molecule has 0 fully saturated rings. The van der Waals surface area contributed by atoms with Crippen LogP contribution >= 0.6 is 22.6 Å². The van der Waals surface area contributed by atoms with Crippen molar-refractivity contribution in [2.75, 3.05) is 5.32 Å². The molecule has 0 bridgehead atoms. The molecule has 1 aromatic carbocycles. The molecule has 2 aromatic heterocycles. The molecule has 0 unspecified atom stereocenters. The number of para-hydroxylation sites is 1. The molecule has 0 atom stereocenters. The van der Waals surface area contributed by atoms with Crippen molar-refractivity contribution in [1.82, 2.24) is 4.98 Å². The fourth-order valence-corrected chi connectivity index (χ4v) is 2.27. The number of furan rings is 1. The minimum absolute atomic E-state index is 0.670. The summed E-state index contributed by atoms with van der Waals surface area (Å²) in [5, 5.41) is 4.44. The summed E-state index contributed by atoms with van der Waals surface area (Å²) in [5.74, 6) is 0.924. The van der Waals surface area contributed by atoms with Crippen LogP contribution in [0.5, 0.6) is 0 Å². The molecule has 2 heterocycles. The van der Waals surface area contributed by atoms with Gasteiger partial charge in [-0.3, -0.25) is 4.98 Å². The molecule has 4 heteroatoms. The highest BCUT2D eigenvalue weighted by Gasteiger charge is 2.00. The summed E-state index contributed by atoms with van der Waals surface area (Å²) in [6, 6.07) is 14.1. The van der Waals surface area contributed by atoms with Crippen molar-refractivity contribution in [3.05, 3.63) is 58.2 Å². The monoisotopic (exact) mass is 350 g/mol. The normalized spacial score (nSPS) is 10.7. The smallest absolute Gasteiger partial charge is 0.164 e. The Hall–Kier alpha value is -1.56. The van der Waals surface area contributed by atoms with E-state index < -0.39 is 0 Å². The summed E-state index contributed by atoms with van der Waals surface area (Å²) < 4.78 is 6.40. The third-order valence-corrected chi connectivity index (χ3v) is 3.27. The van der Waals surface area contributed by atoms with Crippen molar-refractivity contribution in [3.63, 3.8) is 0 Å². The molecular formula is C14H11IN2O. The van der Waals surface area contributed by atoms with E-state index in [9.17, 15) is 0 Å². The van der Waals surface area contributed by atoms with Crippen LogP contribution in [0.4, 0.5) is 5.69 Å². The van der Waals surface area contributed by atoms with Crippen molar-refractivity contribution in [3.8, 4) is 0 Å². The number of pyridine rings is 1. The lowest BCUT2D eigenvalue weighted by Gasteiger charge is -2.05. The highest BCUT2D eigenvalue weighted by atomic mass is 127. The van der Waals surface area contributed by atoms with Gasteiger partial charge in [0.2, 0.25) is 0 Å². The second kappa shape index (κ2) is 4.97. The molecule has 0 aliphatic heterocycles. The first kappa shape index (κ1) is 11.5. The Morgan fingerprint density at radius 2 is 2.06 bits per heavy atom. The molecular weight excluding hydrogens is 339 g/mol. The average Bonchev–Trinajstić information content (AvgIpc) is 2.82. The number of hydrogen-bond acceptors (Lipinski definition) is 3. The number of halogens is 1. The molecule has 0 saturated heterocycles. The van der Waals surface area contributed by atoms with E-state index in [0.29, 0.717) is 6.54 Å². The maximum absolute atomic E-state index is 5.50. The summed E-state index contributed by atoms with van der Waals surface area (Å²) >= 11 is 2.16. The molecule has 1 N–H and O–H groups in total. The highest BCUT2D eigenvalue weighted by Crippen LogP contribution is 2.17. The van der Waals surface area contributed by atoms with E-state index in [1.807, 2.05) is 36.5 Å². The standard InChI is InChI=1S/C14H11IN2O/c15-14-6-5-12(18-14)9-16-11-7-10-3-1-2-4-13(10)17-8-11/h1-8,16H,9H2. The number of nitrogens with zero attached hydrogens (tertiary/aromatic N) is 1. The zero-order valence-corrected chi connectivity index (χ0v) is 11.7. The van der Waals surface area contributed by atoms with Gasteiger partial charge in [0, 0.05) is 5.39 Å². The maximum atomic E-state index is 5.50. The predicted octanol–water partition coefficient (Wildman–Crippen LogP) is 4.04. The van der Waals surface area contributed by atoms with Gasteiger partial charge in [0.05, 0.1) is 23.9 Å². The van der Waals surface area contributed by atoms with Gasteiger partial charge in [-0.25, -0.2) is 0 Å². The summed E-state index contributed by atoms with van der Waals surface area (Å²) in [7, 11) is 0. The third kappa shape index (κ3) is 2.48. The van der Waals surface area contributed by atoms with Crippen LogP contribution in [0, 0.1) is 3.77 Å². The number of aromatic nitrogens is 1. The molecule has 3 nitrogen and oxygen atoms in total. The summed E-state index contributed by atoms with van der Waals surface area (Å²) in [4.78, 5) is 4.40. The Kier molecular flexibility index (Phi) is 3.19. The number of hydrogen-bond donors (Lipinski definition) is 1. The van der Waals surface area contributed by atoms with Crippen LogP contribution in [-0.2, 0) is 6.54 Å². The lowest BCUT2D eigenvalue weighted by atomic mass is 10.2. The van der Waals surface area contributed by atoms with Crippen LogP contribution in [0.15, 0.2) is 53.1 Å². The number of anilines is 1. The first-order valence-corrected chi connectivity index (χ1v) is 6.72. The van der Waals surface area contributed by atoms with Crippen molar-refractivity contribution in [2.24, 2.45) is 0 Å². The van der Waals surface area contributed by atoms with E-state index in [-0.39, 0.29) is 0 Å². The van der Waals surface area contributed by atoms with E-state index in [0.717, 1.165) is 26.1 Å². The Bertz CT molecular complexity index is 678. The van der Waals surface area contributed by atoms with Gasteiger partial charge in [-0.15, -0.1) is 0 Å². The molecule has 0 saturated carbocycles. The third-order valence-electron chi connectivity index (χ3n) is 2.69. The lowest BCUT2D eigenvalue weighted by molar-refractivity contribution is 0.493. The van der Waals surface area contributed by atoms with E-state index in [1.165, 1.54) is 0 Å². The van der Waals surface area contributed by atoms with Gasteiger partial charge in [0.15, 0.2) is 3.77 Å². The predicted molar refractivity (Wildman–Crippen MR) is 80.5 cm³/mol. The first-order chi connectivity index (χ1) is 8.81. The SMILES string of the molecule is Ic1ccc(CNc2cnc3ccccc3c2)o1. The van der Waals surface area contributed by atoms with Gasteiger partial charge in [0.25, 0.3) is 0 Å². The zero-order chi connectivity index (χ0) is 12.4. The molecule has 90 valence electrons. The quantitative estimate of drug-likeness (QED) is 0.725.